The molecule has 1 saturated heterocycles. The normalized spacial score (nSPS) is 21.4. The Morgan fingerprint density at radius 1 is 1.23 bits per heavy atom. The Morgan fingerprint density at radius 3 is 2.55 bits per heavy atom. The summed E-state index contributed by atoms with van der Waals surface area (Å²) in [4.78, 5) is 2.19. The van der Waals surface area contributed by atoms with E-state index in [0.717, 1.165) is 31.5 Å². The van der Waals surface area contributed by atoms with Crippen molar-refractivity contribution in [3.05, 3.63) is 35.9 Å². The second kappa shape index (κ2) is 7.55. The average molecular weight is 325 g/mol. The lowest BCUT2D eigenvalue weighted by molar-refractivity contribution is 0.153. The first-order valence-corrected chi connectivity index (χ1v) is 9.33. The summed E-state index contributed by atoms with van der Waals surface area (Å²) in [5.41, 5.74) is 1.06. The standard InChI is InChI=1S/C16H27N3O2S/c1-4-5-11-18(3)22(20,21)19-13-12-17(2)14-16(19)15-9-7-6-8-10-15/h6-10,16H,4-5,11-14H2,1-3H3. The topological polar surface area (TPSA) is 43.9 Å². The molecule has 1 aromatic carbocycles. The van der Waals surface area contributed by atoms with E-state index < -0.39 is 10.2 Å². The number of nitrogens with zero attached hydrogens (tertiary/aromatic N) is 3. The van der Waals surface area contributed by atoms with E-state index in [4.69, 9.17) is 0 Å². The van der Waals surface area contributed by atoms with E-state index in [2.05, 4.69) is 11.8 Å². The van der Waals surface area contributed by atoms with Crippen molar-refractivity contribution in [2.24, 2.45) is 0 Å². The number of rotatable bonds is 6. The molecule has 0 aliphatic carbocycles. The second-order valence-electron chi connectivity index (χ2n) is 5.98. The Bertz CT molecular complexity index is 562. The van der Waals surface area contributed by atoms with Crippen LogP contribution in [-0.2, 0) is 10.2 Å². The molecule has 22 heavy (non-hydrogen) atoms. The van der Waals surface area contributed by atoms with Gasteiger partial charge in [0.2, 0.25) is 0 Å². The van der Waals surface area contributed by atoms with Crippen LogP contribution in [0.5, 0.6) is 0 Å². The van der Waals surface area contributed by atoms with Gasteiger partial charge in [0.05, 0.1) is 6.04 Å². The van der Waals surface area contributed by atoms with Gasteiger partial charge in [-0.15, -0.1) is 0 Å². The van der Waals surface area contributed by atoms with E-state index in [1.807, 2.05) is 37.4 Å². The molecule has 1 aliphatic rings. The molecule has 5 nitrogen and oxygen atoms in total. The molecular formula is C16H27N3O2S. The monoisotopic (exact) mass is 325 g/mol. The summed E-state index contributed by atoms with van der Waals surface area (Å²) in [5.74, 6) is 0. The fourth-order valence-electron chi connectivity index (χ4n) is 2.80. The molecule has 2 rings (SSSR count). The van der Waals surface area contributed by atoms with Crippen LogP contribution in [-0.4, -0.2) is 62.2 Å². The van der Waals surface area contributed by atoms with E-state index in [0.29, 0.717) is 13.1 Å². The highest BCUT2D eigenvalue weighted by atomic mass is 32.2. The highest BCUT2D eigenvalue weighted by Crippen LogP contribution is 2.28. The van der Waals surface area contributed by atoms with Gasteiger partial charge in [0.1, 0.15) is 0 Å². The third-order valence-electron chi connectivity index (χ3n) is 4.24. The van der Waals surface area contributed by atoms with Crippen LogP contribution >= 0.6 is 0 Å². The summed E-state index contributed by atoms with van der Waals surface area (Å²) in [6.45, 7) is 4.68. The maximum atomic E-state index is 12.9. The van der Waals surface area contributed by atoms with E-state index >= 15 is 0 Å². The largest absolute Gasteiger partial charge is 0.303 e. The van der Waals surface area contributed by atoms with Crippen molar-refractivity contribution in [1.82, 2.24) is 13.5 Å². The van der Waals surface area contributed by atoms with E-state index in [1.54, 1.807) is 11.4 Å². The van der Waals surface area contributed by atoms with E-state index in [9.17, 15) is 8.42 Å². The molecule has 1 aliphatic heterocycles. The predicted molar refractivity (Wildman–Crippen MR) is 89.8 cm³/mol. The number of piperazine rings is 1. The third-order valence-corrected chi connectivity index (χ3v) is 6.24. The van der Waals surface area contributed by atoms with Gasteiger partial charge in [-0.2, -0.15) is 17.0 Å². The Hall–Kier alpha value is -0.950. The number of likely N-dealkylation sites (N-methyl/N-ethyl adjacent to an activating group) is 1. The Kier molecular flexibility index (Phi) is 5.97. The molecule has 1 fully saturated rings. The van der Waals surface area contributed by atoms with Crippen molar-refractivity contribution in [3.8, 4) is 0 Å². The minimum absolute atomic E-state index is 0.117. The fourth-order valence-corrected chi connectivity index (χ4v) is 4.34. The first kappa shape index (κ1) is 17.4. The number of hydrogen-bond acceptors (Lipinski definition) is 3. The van der Waals surface area contributed by atoms with Gasteiger partial charge in [0.15, 0.2) is 0 Å². The maximum absolute atomic E-state index is 12.9. The molecule has 124 valence electrons. The van der Waals surface area contributed by atoms with Gasteiger partial charge in [0, 0.05) is 33.2 Å². The zero-order chi connectivity index (χ0) is 16.2. The van der Waals surface area contributed by atoms with Gasteiger partial charge in [-0.3, -0.25) is 0 Å². The molecule has 0 bridgehead atoms. The van der Waals surface area contributed by atoms with Gasteiger partial charge in [-0.05, 0) is 19.0 Å². The highest BCUT2D eigenvalue weighted by Gasteiger charge is 2.37. The lowest BCUT2D eigenvalue weighted by Crippen LogP contribution is -2.53. The molecule has 0 aromatic heterocycles. The number of hydrogen-bond donors (Lipinski definition) is 0. The summed E-state index contributed by atoms with van der Waals surface area (Å²) in [7, 11) is 0.313. The molecule has 0 saturated carbocycles. The smallest absolute Gasteiger partial charge is 0.282 e. The SMILES string of the molecule is CCCCN(C)S(=O)(=O)N1CCN(C)CC1c1ccccc1. The summed E-state index contributed by atoms with van der Waals surface area (Å²) in [5, 5.41) is 0. The summed E-state index contributed by atoms with van der Waals surface area (Å²) < 4.78 is 29.0. The zero-order valence-corrected chi connectivity index (χ0v) is 14.6. The summed E-state index contributed by atoms with van der Waals surface area (Å²) in [6.07, 6.45) is 1.88. The maximum Gasteiger partial charge on any atom is 0.282 e. The Labute approximate surface area is 134 Å². The molecule has 0 N–H and O–H groups in total. The van der Waals surface area contributed by atoms with Crippen molar-refractivity contribution in [2.45, 2.75) is 25.8 Å². The van der Waals surface area contributed by atoms with Crippen molar-refractivity contribution >= 4 is 10.2 Å². The lowest BCUT2D eigenvalue weighted by Gasteiger charge is -2.40. The van der Waals surface area contributed by atoms with Crippen LogP contribution in [0.15, 0.2) is 30.3 Å². The highest BCUT2D eigenvalue weighted by molar-refractivity contribution is 7.86. The van der Waals surface area contributed by atoms with Crippen molar-refractivity contribution < 1.29 is 8.42 Å². The van der Waals surface area contributed by atoms with Crippen molar-refractivity contribution in [1.29, 1.82) is 0 Å². The van der Waals surface area contributed by atoms with Crippen LogP contribution in [0.25, 0.3) is 0 Å². The van der Waals surface area contributed by atoms with Crippen molar-refractivity contribution in [2.75, 3.05) is 40.3 Å². The molecule has 1 aromatic rings. The van der Waals surface area contributed by atoms with Crippen LogP contribution in [0.4, 0.5) is 0 Å². The average Bonchev–Trinajstić information content (AvgIpc) is 2.53. The molecule has 0 radical (unpaired) electrons. The molecule has 1 unspecified atom stereocenters. The van der Waals surface area contributed by atoms with Crippen molar-refractivity contribution in [3.63, 3.8) is 0 Å². The van der Waals surface area contributed by atoms with Gasteiger partial charge in [-0.1, -0.05) is 43.7 Å². The van der Waals surface area contributed by atoms with Crippen LogP contribution in [0, 0.1) is 0 Å². The summed E-state index contributed by atoms with van der Waals surface area (Å²) in [6, 6.07) is 9.80. The first-order valence-electron chi connectivity index (χ1n) is 7.93. The first-order chi connectivity index (χ1) is 10.5. The van der Waals surface area contributed by atoms with Gasteiger partial charge < -0.3 is 4.90 Å². The number of unbranched alkanes of at least 4 members (excludes halogenated alkanes) is 1. The quantitative estimate of drug-likeness (QED) is 0.803. The second-order valence-corrected chi connectivity index (χ2v) is 7.97. The lowest BCUT2D eigenvalue weighted by atomic mass is 10.1. The Balaban J connectivity index is 2.26. The van der Waals surface area contributed by atoms with Gasteiger partial charge in [0.25, 0.3) is 10.2 Å². The van der Waals surface area contributed by atoms with E-state index in [-0.39, 0.29) is 6.04 Å². The van der Waals surface area contributed by atoms with Crippen LogP contribution in [0.3, 0.4) is 0 Å². The molecular weight excluding hydrogens is 298 g/mol. The molecule has 1 heterocycles. The fraction of sp³-hybridized carbons (Fsp3) is 0.625. The van der Waals surface area contributed by atoms with E-state index in [1.165, 1.54) is 4.31 Å². The van der Waals surface area contributed by atoms with Crippen LogP contribution in [0.1, 0.15) is 31.4 Å². The number of benzene rings is 1. The third kappa shape index (κ3) is 3.87. The van der Waals surface area contributed by atoms with Gasteiger partial charge >= 0.3 is 0 Å². The molecule has 1 atom stereocenters. The molecule has 6 heteroatoms. The molecule has 0 amide bonds. The zero-order valence-electron chi connectivity index (χ0n) is 13.8. The van der Waals surface area contributed by atoms with Crippen LogP contribution < -0.4 is 0 Å². The molecule has 0 spiro atoms. The minimum Gasteiger partial charge on any atom is -0.303 e. The predicted octanol–water partition coefficient (Wildman–Crippen LogP) is 1.95. The minimum atomic E-state index is -3.42. The van der Waals surface area contributed by atoms with Gasteiger partial charge in [-0.25, -0.2) is 0 Å². The Morgan fingerprint density at radius 2 is 1.91 bits per heavy atom. The van der Waals surface area contributed by atoms with Crippen LogP contribution in [0.2, 0.25) is 0 Å². The summed E-state index contributed by atoms with van der Waals surface area (Å²) >= 11 is 0.